The first kappa shape index (κ1) is 7.60. The van der Waals surface area contributed by atoms with Crippen molar-refractivity contribution < 1.29 is 4.52 Å². The highest BCUT2D eigenvalue weighted by molar-refractivity contribution is 5.58. The van der Waals surface area contributed by atoms with Gasteiger partial charge in [0.25, 0.3) is 5.56 Å². The maximum Gasteiger partial charge on any atom is 0.287 e. The largest absolute Gasteiger partial charge is 0.378 e. The van der Waals surface area contributed by atoms with Gasteiger partial charge < -0.3 is 4.52 Å². The second-order valence-electron chi connectivity index (χ2n) is 2.02. The lowest BCUT2D eigenvalue weighted by Gasteiger charge is -1.82. The second kappa shape index (κ2) is 3.05. The lowest BCUT2D eigenvalue weighted by atomic mass is 10.2. The van der Waals surface area contributed by atoms with Gasteiger partial charge >= 0.3 is 0 Å². The van der Waals surface area contributed by atoms with Crippen molar-refractivity contribution in [3.8, 4) is 0 Å². The minimum atomic E-state index is -0.224. The second-order valence-corrected chi connectivity index (χ2v) is 2.02. The third-order valence-corrected chi connectivity index (χ3v) is 1.28. The Balaban J connectivity index is 3.28. The third kappa shape index (κ3) is 1.32. The highest BCUT2D eigenvalue weighted by atomic mass is 16.5. The van der Waals surface area contributed by atoms with Crippen molar-refractivity contribution in [2.45, 2.75) is 6.92 Å². The normalized spacial score (nSPS) is 10.6. The summed E-state index contributed by atoms with van der Waals surface area (Å²) >= 11 is 0. The van der Waals surface area contributed by atoms with Gasteiger partial charge in [-0.1, -0.05) is 12.7 Å². The Morgan fingerprint density at radius 1 is 1.64 bits per heavy atom. The van der Waals surface area contributed by atoms with Gasteiger partial charge in [-0.3, -0.25) is 4.79 Å². The molecular formula is C8H9NO2. The van der Waals surface area contributed by atoms with E-state index in [-0.39, 0.29) is 5.56 Å². The van der Waals surface area contributed by atoms with E-state index in [1.165, 1.54) is 6.08 Å². The van der Waals surface area contributed by atoms with Crippen molar-refractivity contribution >= 4 is 12.2 Å². The molecular weight excluding hydrogens is 142 g/mol. The molecule has 0 aliphatic heterocycles. The zero-order valence-electron chi connectivity index (χ0n) is 6.26. The van der Waals surface area contributed by atoms with Crippen molar-refractivity contribution in [2.75, 3.05) is 0 Å². The number of hydrogen-bond donors (Lipinski definition) is 1. The van der Waals surface area contributed by atoms with Crippen molar-refractivity contribution in [1.29, 1.82) is 0 Å². The molecule has 0 spiro atoms. The zero-order chi connectivity index (χ0) is 8.27. The van der Waals surface area contributed by atoms with Gasteiger partial charge in [-0.2, -0.15) is 5.16 Å². The Labute approximate surface area is 64.0 Å². The van der Waals surface area contributed by atoms with Crippen LogP contribution in [0.25, 0.3) is 12.2 Å². The van der Waals surface area contributed by atoms with Gasteiger partial charge in [0, 0.05) is 0 Å². The molecule has 0 aliphatic carbocycles. The maximum atomic E-state index is 10.9. The lowest BCUT2D eigenvalue weighted by Crippen LogP contribution is -2.00. The van der Waals surface area contributed by atoms with Crippen LogP contribution in [0.4, 0.5) is 0 Å². The van der Waals surface area contributed by atoms with Crippen molar-refractivity contribution in [1.82, 2.24) is 5.16 Å². The zero-order valence-corrected chi connectivity index (χ0v) is 6.26. The molecule has 1 N–H and O–H groups in total. The molecule has 1 heterocycles. The lowest BCUT2D eigenvalue weighted by molar-refractivity contribution is 0.407. The average molecular weight is 151 g/mol. The van der Waals surface area contributed by atoms with E-state index in [1.807, 2.05) is 6.92 Å². The SMILES string of the molecule is C=Cc1o[nH]c(=O)c1/C=C\C. The first-order chi connectivity index (χ1) is 5.29. The predicted molar refractivity (Wildman–Crippen MR) is 44.1 cm³/mol. The monoisotopic (exact) mass is 151 g/mol. The number of aromatic amines is 1. The van der Waals surface area contributed by atoms with Crippen LogP contribution >= 0.6 is 0 Å². The molecule has 0 aliphatic rings. The smallest absolute Gasteiger partial charge is 0.287 e. The maximum absolute atomic E-state index is 10.9. The van der Waals surface area contributed by atoms with Crippen LogP contribution < -0.4 is 5.56 Å². The summed E-state index contributed by atoms with van der Waals surface area (Å²) in [4.78, 5) is 10.9. The van der Waals surface area contributed by atoms with Gasteiger partial charge in [-0.25, -0.2) is 0 Å². The van der Waals surface area contributed by atoms with Crippen molar-refractivity contribution in [3.05, 3.63) is 34.3 Å². The molecule has 1 aromatic heterocycles. The molecule has 0 radical (unpaired) electrons. The number of rotatable bonds is 2. The van der Waals surface area contributed by atoms with Crippen LogP contribution in [0, 0.1) is 0 Å². The van der Waals surface area contributed by atoms with Gasteiger partial charge in [0.05, 0.1) is 5.56 Å². The predicted octanol–water partition coefficient (Wildman–Crippen LogP) is 1.64. The summed E-state index contributed by atoms with van der Waals surface area (Å²) in [5, 5.41) is 2.22. The minimum absolute atomic E-state index is 0.224. The van der Waals surface area contributed by atoms with E-state index in [4.69, 9.17) is 4.52 Å². The topological polar surface area (TPSA) is 46.0 Å². The molecule has 0 saturated carbocycles. The number of H-pyrrole nitrogens is 1. The number of nitrogens with one attached hydrogen (secondary N) is 1. The summed E-state index contributed by atoms with van der Waals surface area (Å²) in [6, 6.07) is 0. The number of hydrogen-bond acceptors (Lipinski definition) is 2. The molecule has 58 valence electrons. The Morgan fingerprint density at radius 3 is 2.91 bits per heavy atom. The molecule has 1 rings (SSSR count). The Hall–Kier alpha value is -1.51. The Morgan fingerprint density at radius 2 is 2.36 bits per heavy atom. The summed E-state index contributed by atoms with van der Waals surface area (Å²) in [6.45, 7) is 5.33. The highest BCUT2D eigenvalue weighted by Gasteiger charge is 2.04. The number of aromatic nitrogens is 1. The highest BCUT2D eigenvalue weighted by Crippen LogP contribution is 2.05. The van der Waals surface area contributed by atoms with E-state index in [1.54, 1.807) is 12.2 Å². The van der Waals surface area contributed by atoms with Crippen LogP contribution in [0.2, 0.25) is 0 Å². The average Bonchev–Trinajstić information content (AvgIpc) is 2.34. The molecule has 1 aromatic rings. The molecule has 0 bridgehead atoms. The summed E-state index contributed by atoms with van der Waals surface area (Å²) in [5.41, 5.74) is 0.292. The van der Waals surface area contributed by atoms with Gasteiger partial charge in [0.2, 0.25) is 0 Å². The fourth-order valence-corrected chi connectivity index (χ4v) is 0.799. The Bertz CT molecular complexity index is 330. The van der Waals surface area contributed by atoms with Gasteiger partial charge in [-0.15, -0.1) is 0 Å². The van der Waals surface area contributed by atoms with Gasteiger partial charge in [-0.05, 0) is 19.1 Å². The summed E-state index contributed by atoms with van der Waals surface area (Å²) in [7, 11) is 0. The molecule has 3 heteroatoms. The van der Waals surface area contributed by atoms with Crippen LogP contribution in [0.5, 0.6) is 0 Å². The fraction of sp³-hybridized carbons (Fsp3) is 0.125. The quantitative estimate of drug-likeness (QED) is 0.698. The summed E-state index contributed by atoms with van der Waals surface area (Å²) in [6.07, 6.45) is 4.94. The first-order valence-electron chi connectivity index (χ1n) is 3.26. The van der Waals surface area contributed by atoms with Crippen molar-refractivity contribution in [3.63, 3.8) is 0 Å². The van der Waals surface area contributed by atoms with E-state index < -0.39 is 0 Å². The number of allylic oxidation sites excluding steroid dienone is 1. The fourth-order valence-electron chi connectivity index (χ4n) is 0.799. The Kier molecular flexibility index (Phi) is 2.11. The molecule has 0 fully saturated rings. The van der Waals surface area contributed by atoms with Crippen LogP contribution in [0.3, 0.4) is 0 Å². The molecule has 3 nitrogen and oxygen atoms in total. The standard InChI is InChI=1S/C8H9NO2/c1-3-5-6-7(4-2)11-9-8(6)10/h3-5H,2H2,1H3,(H,9,10)/b5-3-. The summed E-state index contributed by atoms with van der Waals surface area (Å²) < 4.78 is 4.79. The van der Waals surface area contributed by atoms with Crippen molar-refractivity contribution in [2.24, 2.45) is 0 Å². The molecule has 0 atom stereocenters. The first-order valence-corrected chi connectivity index (χ1v) is 3.26. The summed E-state index contributed by atoms with van der Waals surface area (Å²) in [5.74, 6) is 0.480. The minimum Gasteiger partial charge on any atom is -0.378 e. The molecule has 0 amide bonds. The third-order valence-electron chi connectivity index (χ3n) is 1.28. The molecule has 0 unspecified atom stereocenters. The van der Waals surface area contributed by atoms with E-state index in [0.29, 0.717) is 11.3 Å². The van der Waals surface area contributed by atoms with Crippen LogP contribution in [0.1, 0.15) is 18.2 Å². The van der Waals surface area contributed by atoms with E-state index in [2.05, 4.69) is 11.7 Å². The van der Waals surface area contributed by atoms with E-state index in [0.717, 1.165) is 0 Å². The van der Waals surface area contributed by atoms with Crippen LogP contribution in [-0.4, -0.2) is 5.16 Å². The van der Waals surface area contributed by atoms with Crippen LogP contribution in [-0.2, 0) is 0 Å². The van der Waals surface area contributed by atoms with Crippen LogP contribution in [0.15, 0.2) is 22.0 Å². The van der Waals surface area contributed by atoms with Gasteiger partial charge in [0.1, 0.15) is 0 Å². The molecule has 0 saturated heterocycles. The molecule has 11 heavy (non-hydrogen) atoms. The van der Waals surface area contributed by atoms with E-state index >= 15 is 0 Å². The van der Waals surface area contributed by atoms with E-state index in [9.17, 15) is 4.79 Å². The molecule has 0 aromatic carbocycles. The van der Waals surface area contributed by atoms with Gasteiger partial charge in [0.15, 0.2) is 5.76 Å².